The highest BCUT2D eigenvalue weighted by molar-refractivity contribution is 5.96. The summed E-state index contributed by atoms with van der Waals surface area (Å²) in [6.07, 6.45) is 1.56. The minimum Gasteiger partial charge on any atom is -0.366 e. The number of carbonyl (C=O) groups excluding carboxylic acids is 2. The smallest absolute Gasteiger partial charge is 0.251 e. The Labute approximate surface area is 161 Å². The molecule has 3 rings (SSSR count). The van der Waals surface area contributed by atoms with Crippen LogP contribution in [-0.2, 0) is 4.79 Å². The summed E-state index contributed by atoms with van der Waals surface area (Å²) in [4.78, 5) is 28.4. The Bertz CT molecular complexity index is 1090. The molecule has 0 radical (unpaired) electrons. The highest BCUT2D eigenvalue weighted by atomic mass is 19.1. The van der Waals surface area contributed by atoms with Gasteiger partial charge in [-0.3, -0.25) is 14.6 Å². The van der Waals surface area contributed by atoms with Crippen molar-refractivity contribution >= 4 is 11.7 Å². The number of nitrogens with zero attached hydrogens (tertiary/aromatic N) is 2. The molecule has 0 spiro atoms. The number of rotatable bonds is 5. The average Bonchev–Trinajstić information content (AvgIpc) is 2.69. The van der Waals surface area contributed by atoms with Gasteiger partial charge in [0.1, 0.15) is 11.6 Å². The Morgan fingerprint density at radius 1 is 1.14 bits per heavy atom. The number of halogens is 1. The summed E-state index contributed by atoms with van der Waals surface area (Å²) in [7, 11) is 0. The number of hydrogen-bond donors (Lipinski definition) is 1. The third-order valence-corrected chi connectivity index (χ3v) is 4.41. The minimum absolute atomic E-state index is 0.123. The number of hydrogen-bond acceptors (Lipinski definition) is 4. The van der Waals surface area contributed by atoms with Gasteiger partial charge in [-0.25, -0.2) is 4.39 Å². The highest BCUT2D eigenvalue weighted by Crippen LogP contribution is 2.32. The van der Waals surface area contributed by atoms with Crippen molar-refractivity contribution in [1.82, 2.24) is 4.98 Å². The summed E-state index contributed by atoms with van der Waals surface area (Å²) in [5, 5.41) is 8.94. The van der Waals surface area contributed by atoms with Gasteiger partial charge >= 0.3 is 0 Å². The first-order valence-electron chi connectivity index (χ1n) is 8.47. The summed E-state index contributed by atoms with van der Waals surface area (Å²) >= 11 is 0. The summed E-state index contributed by atoms with van der Waals surface area (Å²) in [5.41, 5.74) is 6.98. The number of ketones is 1. The van der Waals surface area contributed by atoms with E-state index in [-0.39, 0.29) is 16.9 Å². The second-order valence-electron chi connectivity index (χ2n) is 6.28. The van der Waals surface area contributed by atoms with Gasteiger partial charge in [-0.15, -0.1) is 0 Å². The maximum Gasteiger partial charge on any atom is 0.251 e. The number of nitrogens with two attached hydrogens (primary N) is 1. The first kappa shape index (κ1) is 18.9. The molecule has 138 valence electrons. The molecule has 0 aliphatic heterocycles. The molecule has 28 heavy (non-hydrogen) atoms. The van der Waals surface area contributed by atoms with Gasteiger partial charge in [0.2, 0.25) is 0 Å². The van der Waals surface area contributed by atoms with Crippen LogP contribution in [0.15, 0.2) is 60.8 Å². The van der Waals surface area contributed by atoms with Gasteiger partial charge in [0.05, 0.1) is 28.8 Å². The Morgan fingerprint density at radius 3 is 2.39 bits per heavy atom. The van der Waals surface area contributed by atoms with Gasteiger partial charge in [0.25, 0.3) is 5.91 Å². The van der Waals surface area contributed by atoms with Crippen LogP contribution in [0.5, 0.6) is 0 Å². The minimum atomic E-state index is -0.933. The lowest BCUT2D eigenvalue weighted by atomic mass is 9.87. The van der Waals surface area contributed by atoms with Crippen molar-refractivity contribution in [3.63, 3.8) is 0 Å². The van der Waals surface area contributed by atoms with Gasteiger partial charge in [-0.2, -0.15) is 5.26 Å². The Morgan fingerprint density at radius 2 is 1.86 bits per heavy atom. The van der Waals surface area contributed by atoms with Crippen molar-refractivity contribution in [2.24, 2.45) is 5.73 Å². The molecule has 0 saturated carbocycles. The number of pyridine rings is 1. The zero-order chi connectivity index (χ0) is 20.3. The van der Waals surface area contributed by atoms with E-state index in [4.69, 9.17) is 11.0 Å². The molecule has 3 aromatic rings. The molecular weight excluding hydrogens is 357 g/mol. The SMILES string of the molecule is CC(=O)C(c1cc(C(N)=O)c(F)c(-c2ccc(C#N)cc2)c1)c1ccccn1. The molecule has 1 atom stereocenters. The first-order chi connectivity index (χ1) is 13.4. The van der Waals surface area contributed by atoms with E-state index in [1.165, 1.54) is 19.1 Å². The fourth-order valence-corrected chi connectivity index (χ4v) is 3.09. The van der Waals surface area contributed by atoms with E-state index in [9.17, 15) is 14.0 Å². The summed E-state index contributed by atoms with van der Waals surface area (Å²) < 4.78 is 15.0. The molecule has 1 heterocycles. The molecule has 0 aliphatic carbocycles. The molecule has 0 aliphatic rings. The molecule has 6 heteroatoms. The van der Waals surface area contributed by atoms with Crippen molar-refractivity contribution in [3.05, 3.63) is 89.0 Å². The molecule has 2 aromatic carbocycles. The van der Waals surface area contributed by atoms with Crippen molar-refractivity contribution in [1.29, 1.82) is 5.26 Å². The van der Waals surface area contributed by atoms with Gasteiger partial charge in [0, 0.05) is 11.8 Å². The maximum absolute atomic E-state index is 15.0. The fraction of sp³-hybridized carbons (Fsp3) is 0.0909. The van der Waals surface area contributed by atoms with Crippen LogP contribution >= 0.6 is 0 Å². The molecule has 0 fully saturated rings. The molecule has 1 amide bonds. The zero-order valence-corrected chi connectivity index (χ0v) is 15.0. The zero-order valence-electron chi connectivity index (χ0n) is 15.0. The molecule has 1 aromatic heterocycles. The van der Waals surface area contributed by atoms with E-state index in [0.29, 0.717) is 22.4 Å². The van der Waals surface area contributed by atoms with E-state index in [0.717, 1.165) is 0 Å². The van der Waals surface area contributed by atoms with Gasteiger partial charge in [-0.1, -0.05) is 18.2 Å². The van der Waals surface area contributed by atoms with Crippen molar-refractivity contribution < 1.29 is 14.0 Å². The van der Waals surface area contributed by atoms with Crippen LogP contribution in [0.1, 0.15) is 40.0 Å². The summed E-state index contributed by atoms with van der Waals surface area (Å²) in [6, 6.07) is 16.2. The molecule has 2 N–H and O–H groups in total. The number of benzene rings is 2. The van der Waals surface area contributed by atoms with E-state index < -0.39 is 17.6 Å². The first-order valence-corrected chi connectivity index (χ1v) is 8.47. The predicted molar refractivity (Wildman–Crippen MR) is 102 cm³/mol. The van der Waals surface area contributed by atoms with Gasteiger partial charge in [0.15, 0.2) is 0 Å². The van der Waals surface area contributed by atoms with Crippen LogP contribution in [0.2, 0.25) is 0 Å². The lowest BCUT2D eigenvalue weighted by molar-refractivity contribution is -0.117. The van der Waals surface area contributed by atoms with E-state index >= 15 is 0 Å². The molecular formula is C22H16FN3O2. The van der Waals surface area contributed by atoms with Crippen LogP contribution in [0.4, 0.5) is 4.39 Å². The van der Waals surface area contributed by atoms with Crippen molar-refractivity contribution in [3.8, 4) is 17.2 Å². The largest absolute Gasteiger partial charge is 0.366 e. The Hall–Kier alpha value is -3.85. The monoisotopic (exact) mass is 373 g/mol. The van der Waals surface area contributed by atoms with Gasteiger partial charge in [-0.05, 0) is 54.4 Å². The normalized spacial score (nSPS) is 11.5. The second-order valence-corrected chi connectivity index (χ2v) is 6.28. The average molecular weight is 373 g/mol. The lowest BCUT2D eigenvalue weighted by Crippen LogP contribution is -2.17. The number of carbonyl (C=O) groups is 2. The molecule has 5 nitrogen and oxygen atoms in total. The number of nitriles is 1. The Kier molecular flexibility index (Phi) is 5.28. The van der Waals surface area contributed by atoms with Crippen LogP contribution in [0.3, 0.4) is 0 Å². The third-order valence-electron chi connectivity index (χ3n) is 4.41. The quantitative estimate of drug-likeness (QED) is 0.739. The number of amides is 1. The van der Waals surface area contributed by atoms with Crippen LogP contribution in [0.25, 0.3) is 11.1 Å². The standard InChI is InChI=1S/C22H16FN3O2/c1-13(27)20(19-4-2-3-9-26-19)16-10-17(21(23)18(11-16)22(25)28)15-7-5-14(12-24)6-8-15/h2-11,20H,1H3,(H2,25,28). The highest BCUT2D eigenvalue weighted by Gasteiger charge is 2.25. The van der Waals surface area contributed by atoms with E-state index in [1.807, 2.05) is 6.07 Å². The molecule has 0 bridgehead atoms. The summed E-state index contributed by atoms with van der Waals surface area (Å²) in [6.45, 7) is 1.41. The third kappa shape index (κ3) is 3.64. The Balaban J connectivity index is 2.24. The number of primary amides is 1. The molecule has 1 unspecified atom stereocenters. The number of aromatic nitrogens is 1. The van der Waals surface area contributed by atoms with Crippen molar-refractivity contribution in [2.45, 2.75) is 12.8 Å². The van der Waals surface area contributed by atoms with E-state index in [2.05, 4.69) is 4.98 Å². The van der Waals surface area contributed by atoms with Crippen LogP contribution in [0, 0.1) is 17.1 Å². The summed E-state index contributed by atoms with van der Waals surface area (Å²) in [5.74, 6) is -2.68. The topological polar surface area (TPSA) is 96.8 Å². The predicted octanol–water partition coefficient (Wildman–Crippen LogP) is 3.58. The molecule has 0 saturated heterocycles. The van der Waals surface area contributed by atoms with Crippen LogP contribution in [-0.4, -0.2) is 16.7 Å². The van der Waals surface area contributed by atoms with Gasteiger partial charge < -0.3 is 5.73 Å². The van der Waals surface area contributed by atoms with Crippen LogP contribution < -0.4 is 5.73 Å². The second kappa shape index (κ2) is 7.80. The lowest BCUT2D eigenvalue weighted by Gasteiger charge is -2.17. The van der Waals surface area contributed by atoms with Crippen molar-refractivity contribution in [2.75, 3.05) is 0 Å². The van der Waals surface area contributed by atoms with E-state index in [1.54, 1.807) is 48.7 Å². The fourth-order valence-electron chi connectivity index (χ4n) is 3.09. The number of Topliss-reactive ketones (excluding diaryl/α,β-unsaturated/α-hetero) is 1. The maximum atomic E-state index is 15.0.